The second-order valence-electron chi connectivity index (χ2n) is 3.96. The fraction of sp³-hybridized carbons (Fsp3) is 0.231. The normalized spacial score (nSPS) is 10.2. The van der Waals surface area contributed by atoms with Crippen LogP contribution in [0.3, 0.4) is 0 Å². The van der Waals surface area contributed by atoms with E-state index in [2.05, 4.69) is 48.2 Å². The molecule has 4 nitrogen and oxygen atoms in total. The maximum absolute atomic E-state index is 4.44. The molecule has 0 aliphatic carbocycles. The van der Waals surface area contributed by atoms with Gasteiger partial charge in [-0.25, -0.2) is 4.98 Å². The van der Waals surface area contributed by atoms with E-state index in [4.69, 9.17) is 0 Å². The van der Waals surface area contributed by atoms with Crippen LogP contribution in [0.15, 0.2) is 41.0 Å². The molecule has 0 aliphatic rings. The molecule has 0 saturated heterocycles. The molecular formula is C13H15BrN4. The van der Waals surface area contributed by atoms with Crippen LogP contribution in [0.5, 0.6) is 0 Å². The summed E-state index contributed by atoms with van der Waals surface area (Å²) in [6, 6.07) is 10.3. The van der Waals surface area contributed by atoms with Crippen LogP contribution < -0.4 is 10.2 Å². The van der Waals surface area contributed by atoms with Crippen LogP contribution >= 0.6 is 15.9 Å². The Balaban J connectivity index is 2.20. The van der Waals surface area contributed by atoms with Gasteiger partial charge in [0.2, 0.25) is 5.95 Å². The number of hydrogen-bond donors (Lipinski definition) is 1. The summed E-state index contributed by atoms with van der Waals surface area (Å²) in [4.78, 5) is 10.7. The molecule has 0 fully saturated rings. The maximum atomic E-state index is 4.44. The number of nitrogens with one attached hydrogen (secondary N) is 1. The molecule has 1 heterocycles. The van der Waals surface area contributed by atoms with Gasteiger partial charge in [0.1, 0.15) is 5.82 Å². The summed E-state index contributed by atoms with van der Waals surface area (Å²) >= 11 is 3.48. The van der Waals surface area contributed by atoms with Crippen LogP contribution in [0.4, 0.5) is 11.8 Å². The van der Waals surface area contributed by atoms with Crippen molar-refractivity contribution in [1.82, 2.24) is 9.97 Å². The summed E-state index contributed by atoms with van der Waals surface area (Å²) in [5, 5.41) is 2.94. The number of benzene rings is 1. The maximum Gasteiger partial charge on any atom is 0.224 e. The van der Waals surface area contributed by atoms with Gasteiger partial charge in [0.15, 0.2) is 0 Å². The molecule has 0 radical (unpaired) electrons. The number of rotatable bonds is 4. The Labute approximate surface area is 115 Å². The van der Waals surface area contributed by atoms with E-state index in [1.54, 1.807) is 6.20 Å². The van der Waals surface area contributed by atoms with E-state index in [0.29, 0.717) is 5.95 Å². The molecule has 2 aromatic rings. The third-order valence-electron chi connectivity index (χ3n) is 2.57. The SMILES string of the molecule is CNc1ncc(Br)c(N(C)Cc2ccccc2)n1. The first-order valence-electron chi connectivity index (χ1n) is 5.66. The second-order valence-corrected chi connectivity index (χ2v) is 4.81. The van der Waals surface area contributed by atoms with Crippen molar-refractivity contribution in [2.45, 2.75) is 6.54 Å². The first-order valence-corrected chi connectivity index (χ1v) is 6.45. The van der Waals surface area contributed by atoms with Crippen molar-refractivity contribution in [3.63, 3.8) is 0 Å². The minimum atomic E-state index is 0.619. The molecule has 94 valence electrons. The van der Waals surface area contributed by atoms with Gasteiger partial charge in [-0.2, -0.15) is 4.98 Å². The Kier molecular flexibility index (Phi) is 4.15. The first-order chi connectivity index (χ1) is 8.70. The average molecular weight is 307 g/mol. The highest BCUT2D eigenvalue weighted by Gasteiger charge is 2.09. The molecule has 2 rings (SSSR count). The van der Waals surface area contributed by atoms with Crippen LogP contribution in [0.2, 0.25) is 0 Å². The lowest BCUT2D eigenvalue weighted by molar-refractivity contribution is 0.887. The lowest BCUT2D eigenvalue weighted by Crippen LogP contribution is -2.19. The quantitative estimate of drug-likeness (QED) is 0.943. The Bertz CT molecular complexity index is 516. The summed E-state index contributed by atoms with van der Waals surface area (Å²) in [6.07, 6.45) is 1.76. The molecule has 0 amide bonds. The fourth-order valence-corrected chi connectivity index (χ4v) is 2.17. The molecule has 1 N–H and O–H groups in total. The van der Waals surface area contributed by atoms with Crippen LogP contribution in [-0.2, 0) is 6.54 Å². The topological polar surface area (TPSA) is 41.1 Å². The zero-order chi connectivity index (χ0) is 13.0. The Hall–Kier alpha value is -1.62. The van der Waals surface area contributed by atoms with Crippen molar-refractivity contribution in [2.24, 2.45) is 0 Å². The van der Waals surface area contributed by atoms with Crippen molar-refractivity contribution in [3.05, 3.63) is 46.6 Å². The molecule has 0 atom stereocenters. The average Bonchev–Trinajstić information content (AvgIpc) is 2.40. The highest BCUT2D eigenvalue weighted by atomic mass is 79.9. The smallest absolute Gasteiger partial charge is 0.224 e. The van der Waals surface area contributed by atoms with Crippen molar-refractivity contribution >= 4 is 27.7 Å². The van der Waals surface area contributed by atoms with E-state index in [1.807, 2.05) is 32.3 Å². The summed E-state index contributed by atoms with van der Waals surface area (Å²) < 4.78 is 0.889. The lowest BCUT2D eigenvalue weighted by Gasteiger charge is -2.19. The molecule has 0 spiro atoms. The molecule has 5 heteroatoms. The predicted molar refractivity (Wildman–Crippen MR) is 77.8 cm³/mol. The monoisotopic (exact) mass is 306 g/mol. The minimum Gasteiger partial charge on any atom is -0.357 e. The van der Waals surface area contributed by atoms with Gasteiger partial charge in [-0.05, 0) is 21.5 Å². The third-order valence-corrected chi connectivity index (χ3v) is 3.13. The molecule has 0 unspecified atom stereocenters. The van der Waals surface area contributed by atoms with Crippen LogP contribution in [0.25, 0.3) is 0 Å². The summed E-state index contributed by atoms with van der Waals surface area (Å²) in [5.74, 6) is 1.49. The zero-order valence-electron chi connectivity index (χ0n) is 10.4. The van der Waals surface area contributed by atoms with Crippen molar-refractivity contribution in [1.29, 1.82) is 0 Å². The number of nitrogens with zero attached hydrogens (tertiary/aromatic N) is 3. The fourth-order valence-electron chi connectivity index (χ4n) is 1.68. The molecule has 1 aromatic carbocycles. The third kappa shape index (κ3) is 2.98. The molecule has 18 heavy (non-hydrogen) atoms. The number of hydrogen-bond acceptors (Lipinski definition) is 4. The van der Waals surface area contributed by atoms with Gasteiger partial charge in [0, 0.05) is 26.8 Å². The minimum absolute atomic E-state index is 0.619. The predicted octanol–water partition coefficient (Wildman–Crippen LogP) is 2.92. The Morgan fingerprint density at radius 3 is 2.67 bits per heavy atom. The summed E-state index contributed by atoms with van der Waals surface area (Å²) in [5.41, 5.74) is 1.25. The standard InChI is InChI=1S/C13H15BrN4/c1-15-13-16-8-11(14)12(17-13)18(2)9-10-6-4-3-5-7-10/h3-8H,9H2,1-2H3,(H,15,16,17). The molecule has 1 aromatic heterocycles. The Morgan fingerprint density at radius 2 is 2.00 bits per heavy atom. The number of anilines is 2. The molecular weight excluding hydrogens is 292 g/mol. The van der Waals surface area contributed by atoms with Crippen molar-refractivity contribution in [2.75, 3.05) is 24.3 Å². The molecule has 0 bridgehead atoms. The van der Waals surface area contributed by atoms with E-state index < -0.39 is 0 Å². The van der Waals surface area contributed by atoms with Gasteiger partial charge in [-0.15, -0.1) is 0 Å². The van der Waals surface area contributed by atoms with Gasteiger partial charge in [0.05, 0.1) is 4.47 Å². The zero-order valence-corrected chi connectivity index (χ0v) is 12.0. The summed E-state index contributed by atoms with van der Waals surface area (Å²) in [7, 11) is 3.82. The van der Waals surface area contributed by atoms with E-state index in [0.717, 1.165) is 16.8 Å². The van der Waals surface area contributed by atoms with Gasteiger partial charge >= 0.3 is 0 Å². The largest absolute Gasteiger partial charge is 0.357 e. The van der Waals surface area contributed by atoms with Crippen LogP contribution in [0.1, 0.15) is 5.56 Å². The van der Waals surface area contributed by atoms with E-state index in [9.17, 15) is 0 Å². The highest BCUT2D eigenvalue weighted by molar-refractivity contribution is 9.10. The van der Waals surface area contributed by atoms with Crippen molar-refractivity contribution < 1.29 is 0 Å². The van der Waals surface area contributed by atoms with Crippen molar-refractivity contribution in [3.8, 4) is 0 Å². The van der Waals surface area contributed by atoms with Gasteiger partial charge in [0.25, 0.3) is 0 Å². The first kappa shape index (κ1) is 12.8. The van der Waals surface area contributed by atoms with E-state index in [-0.39, 0.29) is 0 Å². The molecule has 0 saturated carbocycles. The summed E-state index contributed by atoms with van der Waals surface area (Å²) in [6.45, 7) is 0.805. The van der Waals surface area contributed by atoms with E-state index >= 15 is 0 Å². The van der Waals surface area contributed by atoms with Crippen LogP contribution in [0, 0.1) is 0 Å². The van der Waals surface area contributed by atoms with Gasteiger partial charge in [-0.1, -0.05) is 30.3 Å². The van der Waals surface area contributed by atoms with Gasteiger partial charge < -0.3 is 10.2 Å². The van der Waals surface area contributed by atoms with E-state index in [1.165, 1.54) is 5.56 Å². The Morgan fingerprint density at radius 1 is 1.28 bits per heavy atom. The number of halogens is 1. The number of aromatic nitrogens is 2. The lowest BCUT2D eigenvalue weighted by atomic mass is 10.2. The van der Waals surface area contributed by atoms with Gasteiger partial charge in [-0.3, -0.25) is 0 Å². The molecule has 0 aliphatic heterocycles. The van der Waals surface area contributed by atoms with Crippen LogP contribution in [-0.4, -0.2) is 24.1 Å². The highest BCUT2D eigenvalue weighted by Crippen LogP contribution is 2.24. The second kappa shape index (κ2) is 5.82.